The summed E-state index contributed by atoms with van der Waals surface area (Å²) in [4.78, 5) is 13.3. The summed E-state index contributed by atoms with van der Waals surface area (Å²) in [7, 11) is 3.04. The van der Waals surface area contributed by atoms with E-state index in [-0.39, 0.29) is 23.7 Å². The van der Waals surface area contributed by atoms with Gasteiger partial charge in [0, 0.05) is 6.07 Å². The maximum Gasteiger partial charge on any atom is 0.212 e. The Morgan fingerprint density at radius 3 is 2.65 bits per heavy atom. The summed E-state index contributed by atoms with van der Waals surface area (Å²) in [5, 5.41) is 0.760. The van der Waals surface area contributed by atoms with Crippen LogP contribution < -0.4 is 19.6 Å². The van der Waals surface area contributed by atoms with Gasteiger partial charge in [0.15, 0.2) is 6.29 Å². The molecule has 0 aliphatic carbocycles. The maximum absolute atomic E-state index is 13.3. The highest BCUT2D eigenvalue weighted by atomic mass is 16.8. The van der Waals surface area contributed by atoms with Crippen LogP contribution in [0.25, 0.3) is 21.9 Å². The lowest BCUT2D eigenvalue weighted by atomic mass is 9.95. The molecule has 3 aliphatic heterocycles. The largest absolute Gasteiger partial charge is 0.496 e. The Labute approximate surface area is 147 Å². The maximum atomic E-state index is 13.3. The molecular formula is C19H14O7. The van der Waals surface area contributed by atoms with Gasteiger partial charge in [0.1, 0.15) is 45.3 Å². The Balaban J connectivity index is 1.77. The molecule has 0 N–H and O–H groups in total. The summed E-state index contributed by atoms with van der Waals surface area (Å²) < 4.78 is 34.1. The first-order chi connectivity index (χ1) is 12.7. The molecule has 2 fully saturated rings. The summed E-state index contributed by atoms with van der Waals surface area (Å²) in [6.45, 7) is 0. The van der Waals surface area contributed by atoms with E-state index in [9.17, 15) is 4.79 Å². The Morgan fingerprint density at radius 2 is 1.85 bits per heavy atom. The van der Waals surface area contributed by atoms with Gasteiger partial charge >= 0.3 is 0 Å². The third-order valence-corrected chi connectivity index (χ3v) is 5.31. The number of rotatable bonds is 2. The van der Waals surface area contributed by atoms with Crippen LogP contribution in [0, 0.1) is 0 Å². The molecule has 0 radical (unpaired) electrons. The molecule has 132 valence electrons. The van der Waals surface area contributed by atoms with Crippen molar-refractivity contribution in [2.45, 2.75) is 24.6 Å². The van der Waals surface area contributed by atoms with Crippen LogP contribution in [-0.2, 0) is 9.47 Å². The van der Waals surface area contributed by atoms with Crippen LogP contribution >= 0.6 is 0 Å². The number of methoxy groups -OCH3 is 2. The highest BCUT2D eigenvalue weighted by molar-refractivity contribution is 5.98. The Hall–Kier alpha value is -2.77. The molecule has 4 heterocycles. The second-order valence-electron chi connectivity index (χ2n) is 6.58. The Morgan fingerprint density at radius 1 is 1.00 bits per heavy atom. The van der Waals surface area contributed by atoms with Crippen molar-refractivity contribution in [2.75, 3.05) is 14.2 Å². The predicted molar refractivity (Wildman–Crippen MR) is 90.0 cm³/mol. The van der Waals surface area contributed by atoms with Crippen LogP contribution in [0.1, 0.15) is 11.5 Å². The average Bonchev–Trinajstić information content (AvgIpc) is 3.17. The van der Waals surface area contributed by atoms with Crippen molar-refractivity contribution in [1.29, 1.82) is 0 Å². The molecule has 7 nitrogen and oxygen atoms in total. The van der Waals surface area contributed by atoms with Gasteiger partial charge in [-0.15, -0.1) is 0 Å². The van der Waals surface area contributed by atoms with E-state index >= 15 is 0 Å². The molecule has 7 heteroatoms. The zero-order chi connectivity index (χ0) is 17.6. The number of benzene rings is 2. The van der Waals surface area contributed by atoms with Crippen LogP contribution in [0.3, 0.4) is 0 Å². The lowest BCUT2D eigenvalue weighted by Crippen LogP contribution is -2.19. The highest BCUT2D eigenvalue weighted by Crippen LogP contribution is 2.57. The van der Waals surface area contributed by atoms with Crippen molar-refractivity contribution in [3.05, 3.63) is 40.1 Å². The highest BCUT2D eigenvalue weighted by Gasteiger charge is 2.63. The Kier molecular flexibility index (Phi) is 2.60. The van der Waals surface area contributed by atoms with Gasteiger partial charge in [-0.25, -0.2) is 0 Å². The molecule has 0 saturated carbocycles. The zero-order valence-electron chi connectivity index (χ0n) is 14.0. The minimum atomic E-state index is -0.421. The van der Waals surface area contributed by atoms with Gasteiger partial charge in [0.2, 0.25) is 11.7 Å². The molecule has 1 aromatic heterocycles. The number of ether oxygens (including phenoxy) is 5. The van der Waals surface area contributed by atoms with Gasteiger partial charge in [-0.05, 0) is 12.1 Å². The zero-order valence-corrected chi connectivity index (χ0v) is 14.0. The monoisotopic (exact) mass is 354 g/mol. The van der Waals surface area contributed by atoms with Crippen molar-refractivity contribution in [3.8, 4) is 17.2 Å². The normalized spacial score (nSPS) is 27.8. The fraction of sp³-hybridized carbons (Fsp3) is 0.316. The fourth-order valence-corrected chi connectivity index (χ4v) is 4.12. The van der Waals surface area contributed by atoms with Gasteiger partial charge in [-0.3, -0.25) is 4.79 Å². The molecule has 2 aromatic carbocycles. The number of hydrogen-bond donors (Lipinski definition) is 0. The van der Waals surface area contributed by atoms with Gasteiger partial charge in [0.05, 0.1) is 25.7 Å². The first-order valence-electron chi connectivity index (χ1n) is 8.33. The number of epoxide rings is 1. The number of hydrogen-bond acceptors (Lipinski definition) is 7. The SMILES string of the molecule is COc1cccc2oc3c4c(cc(OC)c3c(=O)c12)OC1OC2OC2C41. The van der Waals surface area contributed by atoms with Crippen molar-refractivity contribution in [1.82, 2.24) is 0 Å². The fourth-order valence-electron chi connectivity index (χ4n) is 4.12. The Bertz CT molecular complexity index is 1150. The predicted octanol–water partition coefficient (Wildman–Crippen LogP) is 2.52. The van der Waals surface area contributed by atoms with Crippen molar-refractivity contribution in [3.63, 3.8) is 0 Å². The first kappa shape index (κ1) is 14.4. The minimum Gasteiger partial charge on any atom is -0.496 e. The summed E-state index contributed by atoms with van der Waals surface area (Å²) in [6.07, 6.45) is -0.720. The van der Waals surface area contributed by atoms with Crippen LogP contribution in [0.4, 0.5) is 0 Å². The van der Waals surface area contributed by atoms with Gasteiger partial charge < -0.3 is 28.1 Å². The van der Waals surface area contributed by atoms with E-state index in [1.54, 1.807) is 24.3 Å². The average molecular weight is 354 g/mol. The second-order valence-corrected chi connectivity index (χ2v) is 6.58. The molecule has 0 spiro atoms. The van der Waals surface area contributed by atoms with E-state index in [1.165, 1.54) is 14.2 Å². The van der Waals surface area contributed by atoms with Crippen molar-refractivity contribution >= 4 is 21.9 Å². The van der Waals surface area contributed by atoms with Crippen LogP contribution in [0.5, 0.6) is 17.2 Å². The van der Waals surface area contributed by atoms with E-state index in [4.69, 9.17) is 28.1 Å². The summed E-state index contributed by atoms with van der Waals surface area (Å²) >= 11 is 0. The van der Waals surface area contributed by atoms with Crippen molar-refractivity contribution < 1.29 is 28.1 Å². The van der Waals surface area contributed by atoms with Crippen molar-refractivity contribution in [2.24, 2.45) is 0 Å². The topological polar surface area (TPSA) is 79.7 Å². The third kappa shape index (κ3) is 1.62. The lowest BCUT2D eigenvalue weighted by molar-refractivity contribution is -0.109. The molecular weight excluding hydrogens is 340 g/mol. The second kappa shape index (κ2) is 4.69. The van der Waals surface area contributed by atoms with E-state index in [0.29, 0.717) is 39.2 Å². The number of fused-ring (bicyclic) bond motifs is 8. The lowest BCUT2D eigenvalue weighted by Gasteiger charge is -2.12. The van der Waals surface area contributed by atoms with Crippen LogP contribution in [0.15, 0.2) is 33.5 Å². The first-order valence-corrected chi connectivity index (χ1v) is 8.33. The molecule has 4 atom stereocenters. The molecule has 2 saturated heterocycles. The third-order valence-electron chi connectivity index (χ3n) is 5.31. The van der Waals surface area contributed by atoms with E-state index in [2.05, 4.69) is 0 Å². The molecule has 6 rings (SSSR count). The molecule has 3 aliphatic rings. The van der Waals surface area contributed by atoms with Gasteiger partial charge in [-0.1, -0.05) is 6.07 Å². The standard InChI is InChI=1S/C19H14O7/c1-21-7-4-3-5-8-11(7)15(20)13-9(22-2)6-10-12(16(13)23-8)14-17-19(25-17)26-18(14)24-10/h3-6,14,17-19H,1-2H3. The summed E-state index contributed by atoms with van der Waals surface area (Å²) in [6, 6.07) is 6.99. The summed E-state index contributed by atoms with van der Waals surface area (Å²) in [5.41, 5.74) is 1.51. The van der Waals surface area contributed by atoms with E-state index in [0.717, 1.165) is 5.56 Å². The summed E-state index contributed by atoms with van der Waals surface area (Å²) in [5.74, 6) is 1.34. The molecule has 0 amide bonds. The quantitative estimate of drug-likeness (QED) is 0.517. The van der Waals surface area contributed by atoms with E-state index in [1.807, 2.05) is 0 Å². The van der Waals surface area contributed by atoms with E-state index < -0.39 is 6.29 Å². The molecule has 3 aromatic rings. The van der Waals surface area contributed by atoms with Crippen LogP contribution in [-0.4, -0.2) is 32.9 Å². The molecule has 4 unspecified atom stereocenters. The molecule has 0 bridgehead atoms. The smallest absolute Gasteiger partial charge is 0.212 e. The molecule has 26 heavy (non-hydrogen) atoms. The van der Waals surface area contributed by atoms with Gasteiger partial charge in [0.25, 0.3) is 0 Å². The minimum absolute atomic E-state index is 0.0656. The van der Waals surface area contributed by atoms with Crippen LogP contribution in [0.2, 0.25) is 0 Å². The van der Waals surface area contributed by atoms with Gasteiger partial charge in [-0.2, -0.15) is 0 Å².